The largest absolute Gasteiger partial charge is 0.311 e. The lowest BCUT2D eigenvalue weighted by atomic mass is 9.92. The van der Waals surface area contributed by atoms with Crippen LogP contribution < -0.4 is 10.6 Å². The SMILES string of the molecule is C1CNC2CNC2C1. The molecule has 0 aromatic heterocycles. The van der Waals surface area contributed by atoms with Crippen LogP contribution in [0.2, 0.25) is 0 Å². The highest BCUT2D eigenvalue weighted by Crippen LogP contribution is 2.14. The highest BCUT2D eigenvalue weighted by molar-refractivity contribution is 4.96. The molecule has 0 aromatic carbocycles. The third-order valence-electron chi connectivity index (χ3n) is 2.18. The van der Waals surface area contributed by atoms with Crippen molar-refractivity contribution in [3.63, 3.8) is 0 Å². The van der Waals surface area contributed by atoms with Crippen molar-refractivity contribution in [1.82, 2.24) is 10.6 Å². The quantitative estimate of drug-likeness (QED) is 0.450. The van der Waals surface area contributed by atoms with Gasteiger partial charge in [-0.25, -0.2) is 0 Å². The van der Waals surface area contributed by atoms with Crippen LogP contribution in [0.15, 0.2) is 0 Å². The maximum Gasteiger partial charge on any atom is 0.0346 e. The topological polar surface area (TPSA) is 24.1 Å². The Balaban J connectivity index is 1.92. The minimum absolute atomic E-state index is 0.823. The first kappa shape index (κ1) is 4.77. The fourth-order valence-corrected chi connectivity index (χ4v) is 1.53. The zero-order valence-corrected chi connectivity index (χ0v) is 4.98. The van der Waals surface area contributed by atoms with Crippen LogP contribution >= 0.6 is 0 Å². The second-order valence-electron chi connectivity index (χ2n) is 2.72. The van der Waals surface area contributed by atoms with E-state index in [0.717, 1.165) is 12.1 Å². The van der Waals surface area contributed by atoms with E-state index in [1.165, 1.54) is 25.9 Å². The molecule has 2 saturated heterocycles. The standard InChI is InChI=1S/C6H12N2/c1-2-5-6(4-8-5)7-3-1/h5-8H,1-4H2. The maximum absolute atomic E-state index is 3.46. The average molecular weight is 112 g/mol. The van der Waals surface area contributed by atoms with Gasteiger partial charge in [0, 0.05) is 18.6 Å². The molecule has 2 unspecified atom stereocenters. The molecule has 0 amide bonds. The smallest absolute Gasteiger partial charge is 0.0346 e. The van der Waals surface area contributed by atoms with Crippen molar-refractivity contribution in [2.45, 2.75) is 24.9 Å². The van der Waals surface area contributed by atoms with Crippen molar-refractivity contribution in [2.75, 3.05) is 13.1 Å². The fourth-order valence-electron chi connectivity index (χ4n) is 1.53. The second-order valence-corrected chi connectivity index (χ2v) is 2.72. The molecular formula is C6H12N2. The summed E-state index contributed by atoms with van der Waals surface area (Å²) >= 11 is 0. The van der Waals surface area contributed by atoms with Crippen LogP contribution in [-0.2, 0) is 0 Å². The van der Waals surface area contributed by atoms with Crippen molar-refractivity contribution >= 4 is 0 Å². The van der Waals surface area contributed by atoms with Crippen LogP contribution in [0.3, 0.4) is 0 Å². The zero-order chi connectivity index (χ0) is 5.40. The van der Waals surface area contributed by atoms with Crippen LogP contribution in [0.4, 0.5) is 0 Å². The third kappa shape index (κ3) is 0.565. The van der Waals surface area contributed by atoms with E-state index in [-0.39, 0.29) is 0 Å². The summed E-state index contributed by atoms with van der Waals surface area (Å²) in [7, 11) is 0. The Morgan fingerprint density at radius 3 is 2.50 bits per heavy atom. The normalized spacial score (nSPS) is 45.0. The third-order valence-corrected chi connectivity index (χ3v) is 2.18. The van der Waals surface area contributed by atoms with Gasteiger partial charge in [0.05, 0.1) is 0 Å². The van der Waals surface area contributed by atoms with Gasteiger partial charge in [0.2, 0.25) is 0 Å². The van der Waals surface area contributed by atoms with Crippen LogP contribution in [0, 0.1) is 0 Å². The predicted octanol–water partition coefficient (Wildman–Crippen LogP) is -0.290. The molecule has 0 saturated carbocycles. The molecule has 2 aliphatic heterocycles. The molecule has 2 fully saturated rings. The molecule has 2 aliphatic rings. The molecule has 0 aliphatic carbocycles. The van der Waals surface area contributed by atoms with E-state index in [1.807, 2.05) is 0 Å². The Morgan fingerprint density at radius 2 is 2.12 bits per heavy atom. The minimum Gasteiger partial charge on any atom is -0.311 e. The molecule has 0 spiro atoms. The van der Waals surface area contributed by atoms with E-state index in [1.54, 1.807) is 0 Å². The van der Waals surface area contributed by atoms with Gasteiger partial charge in [0.15, 0.2) is 0 Å². The number of rotatable bonds is 0. The molecule has 2 rings (SSSR count). The highest BCUT2D eigenvalue weighted by atomic mass is 15.1. The van der Waals surface area contributed by atoms with Crippen molar-refractivity contribution < 1.29 is 0 Å². The molecule has 0 aromatic rings. The molecular weight excluding hydrogens is 100 g/mol. The number of fused-ring (bicyclic) bond motifs is 1. The number of hydrogen-bond acceptors (Lipinski definition) is 2. The van der Waals surface area contributed by atoms with Crippen molar-refractivity contribution in [3.8, 4) is 0 Å². The van der Waals surface area contributed by atoms with Crippen molar-refractivity contribution in [1.29, 1.82) is 0 Å². The average Bonchev–Trinajstić information content (AvgIpc) is 1.72. The van der Waals surface area contributed by atoms with Gasteiger partial charge in [0.1, 0.15) is 0 Å². The van der Waals surface area contributed by atoms with Gasteiger partial charge in [-0.2, -0.15) is 0 Å². The summed E-state index contributed by atoms with van der Waals surface area (Å²) in [6.45, 7) is 2.44. The molecule has 2 heterocycles. The Bertz CT molecular complexity index is 80.5. The van der Waals surface area contributed by atoms with Crippen LogP contribution in [0.25, 0.3) is 0 Å². The molecule has 8 heavy (non-hydrogen) atoms. The monoisotopic (exact) mass is 112 g/mol. The summed E-state index contributed by atoms with van der Waals surface area (Å²) in [5, 5.41) is 6.84. The van der Waals surface area contributed by atoms with Gasteiger partial charge < -0.3 is 10.6 Å². The van der Waals surface area contributed by atoms with Gasteiger partial charge in [-0.1, -0.05) is 0 Å². The molecule has 0 bridgehead atoms. The van der Waals surface area contributed by atoms with Crippen molar-refractivity contribution in [2.24, 2.45) is 0 Å². The Kier molecular flexibility index (Phi) is 1.02. The maximum atomic E-state index is 3.46. The number of nitrogens with one attached hydrogen (secondary N) is 2. The van der Waals surface area contributed by atoms with E-state index >= 15 is 0 Å². The van der Waals surface area contributed by atoms with Gasteiger partial charge in [-0.15, -0.1) is 0 Å². The number of piperidine rings is 1. The number of hydrogen-bond donors (Lipinski definition) is 2. The van der Waals surface area contributed by atoms with E-state index < -0.39 is 0 Å². The van der Waals surface area contributed by atoms with Gasteiger partial charge in [-0.05, 0) is 19.4 Å². The molecule has 2 N–H and O–H groups in total. The Morgan fingerprint density at radius 1 is 1.12 bits per heavy atom. The first-order chi connectivity index (χ1) is 3.97. The van der Waals surface area contributed by atoms with Crippen LogP contribution in [0.5, 0.6) is 0 Å². The highest BCUT2D eigenvalue weighted by Gasteiger charge is 2.31. The lowest BCUT2D eigenvalue weighted by Crippen LogP contribution is -2.66. The van der Waals surface area contributed by atoms with Gasteiger partial charge >= 0.3 is 0 Å². The Hall–Kier alpha value is -0.0800. The Labute approximate surface area is 49.7 Å². The molecule has 2 nitrogen and oxygen atoms in total. The summed E-state index contributed by atoms with van der Waals surface area (Å²) in [6, 6.07) is 1.65. The van der Waals surface area contributed by atoms with E-state index in [2.05, 4.69) is 10.6 Å². The summed E-state index contributed by atoms with van der Waals surface area (Å²) in [6.07, 6.45) is 2.74. The van der Waals surface area contributed by atoms with E-state index in [0.29, 0.717) is 0 Å². The lowest BCUT2D eigenvalue weighted by Gasteiger charge is -2.42. The summed E-state index contributed by atoms with van der Waals surface area (Å²) in [5.41, 5.74) is 0. The fraction of sp³-hybridized carbons (Fsp3) is 1.00. The van der Waals surface area contributed by atoms with Crippen LogP contribution in [-0.4, -0.2) is 25.2 Å². The van der Waals surface area contributed by atoms with Gasteiger partial charge in [-0.3, -0.25) is 0 Å². The molecule has 46 valence electrons. The van der Waals surface area contributed by atoms with E-state index in [4.69, 9.17) is 0 Å². The molecule has 2 heteroatoms. The lowest BCUT2D eigenvalue weighted by molar-refractivity contribution is 0.210. The summed E-state index contributed by atoms with van der Waals surface area (Å²) in [4.78, 5) is 0. The summed E-state index contributed by atoms with van der Waals surface area (Å²) < 4.78 is 0. The molecule has 2 atom stereocenters. The molecule has 0 radical (unpaired) electrons. The van der Waals surface area contributed by atoms with Gasteiger partial charge in [0.25, 0.3) is 0 Å². The minimum atomic E-state index is 0.823. The summed E-state index contributed by atoms with van der Waals surface area (Å²) in [5.74, 6) is 0. The predicted molar refractivity (Wildman–Crippen MR) is 32.8 cm³/mol. The first-order valence-electron chi connectivity index (χ1n) is 3.43. The van der Waals surface area contributed by atoms with Crippen LogP contribution in [0.1, 0.15) is 12.8 Å². The first-order valence-corrected chi connectivity index (χ1v) is 3.43. The second kappa shape index (κ2) is 1.71. The zero-order valence-electron chi connectivity index (χ0n) is 4.98. The van der Waals surface area contributed by atoms with E-state index in [9.17, 15) is 0 Å². The van der Waals surface area contributed by atoms with Crippen molar-refractivity contribution in [3.05, 3.63) is 0 Å².